The summed E-state index contributed by atoms with van der Waals surface area (Å²) in [5.74, 6) is 2.26. The van der Waals surface area contributed by atoms with Crippen LogP contribution in [0.15, 0.2) is 0 Å². The third kappa shape index (κ3) is 1.96. The van der Waals surface area contributed by atoms with Crippen molar-refractivity contribution < 1.29 is 0 Å². The minimum atomic E-state index is 0.682. The van der Waals surface area contributed by atoms with Crippen LogP contribution in [0.5, 0.6) is 0 Å². The van der Waals surface area contributed by atoms with Gasteiger partial charge in [0.05, 0.1) is 0 Å². The minimum absolute atomic E-state index is 0.682. The van der Waals surface area contributed by atoms with Crippen molar-refractivity contribution in [3.8, 4) is 0 Å². The molecule has 1 nitrogen and oxygen atoms in total. The average Bonchev–Trinajstić information content (AvgIpc) is 1.82. The monoisotopic (exact) mass is 151 g/mol. The van der Waals surface area contributed by atoms with Crippen molar-refractivity contribution >= 4 is 0 Å². The Morgan fingerprint density at radius 3 is 2.36 bits per heavy atom. The lowest BCUT2D eigenvalue weighted by molar-refractivity contribution is 0.173. The second-order valence-electron chi connectivity index (χ2n) is 3.94. The highest BCUT2D eigenvalue weighted by Gasteiger charge is 2.31. The molecule has 0 amide bonds. The van der Waals surface area contributed by atoms with Gasteiger partial charge in [0.15, 0.2) is 0 Å². The van der Waals surface area contributed by atoms with E-state index in [1.165, 1.54) is 19.3 Å². The predicted molar refractivity (Wildman–Crippen MR) is 47.1 cm³/mol. The smallest absolute Gasteiger partial charge is 0.217 e. The zero-order valence-corrected chi connectivity index (χ0v) is 7.51. The van der Waals surface area contributed by atoms with E-state index in [0.29, 0.717) is 11.8 Å². The number of hydrogen-bond acceptors (Lipinski definition) is 0. The molecule has 0 aromatic rings. The summed E-state index contributed by atoms with van der Waals surface area (Å²) in [5, 5.41) is 0. The lowest BCUT2D eigenvalue weighted by atomic mass is 9.71. The van der Waals surface area contributed by atoms with Crippen LogP contribution < -0.4 is 0 Å². The van der Waals surface area contributed by atoms with E-state index in [0.717, 1.165) is 12.5 Å². The van der Waals surface area contributed by atoms with Crippen molar-refractivity contribution in [3.05, 3.63) is 11.4 Å². The molecule has 0 N–H and O–H groups in total. The van der Waals surface area contributed by atoms with Gasteiger partial charge in [0.2, 0.25) is 6.54 Å². The van der Waals surface area contributed by atoms with Gasteiger partial charge in [-0.2, -0.15) is 0 Å². The lowest BCUT2D eigenvalue weighted by Gasteiger charge is -2.33. The van der Waals surface area contributed by atoms with Gasteiger partial charge < -0.3 is 4.85 Å². The quantitative estimate of drug-likeness (QED) is 0.546. The molecule has 1 rings (SSSR count). The van der Waals surface area contributed by atoms with Crippen LogP contribution in [0.25, 0.3) is 4.85 Å². The third-order valence-corrected chi connectivity index (χ3v) is 2.91. The Balaban J connectivity index is 2.39. The van der Waals surface area contributed by atoms with Gasteiger partial charge in [0.25, 0.3) is 0 Å². The first-order valence-corrected chi connectivity index (χ1v) is 4.59. The second-order valence-corrected chi connectivity index (χ2v) is 3.94. The third-order valence-electron chi connectivity index (χ3n) is 2.91. The van der Waals surface area contributed by atoms with Crippen molar-refractivity contribution in [2.45, 2.75) is 33.1 Å². The van der Waals surface area contributed by atoms with E-state index < -0.39 is 0 Å². The standard InChI is InChI=1S/C10H17N/c1-8(2)10(7-11-3)9-5-4-6-9/h8-10H,4-7H2,1-2H3. The van der Waals surface area contributed by atoms with Crippen LogP contribution in [-0.4, -0.2) is 6.54 Å². The van der Waals surface area contributed by atoms with Crippen LogP contribution in [-0.2, 0) is 0 Å². The predicted octanol–water partition coefficient (Wildman–Crippen LogP) is 2.98. The van der Waals surface area contributed by atoms with Crippen LogP contribution in [0.3, 0.4) is 0 Å². The molecule has 1 aliphatic carbocycles. The van der Waals surface area contributed by atoms with Gasteiger partial charge in [-0.05, 0) is 24.7 Å². The van der Waals surface area contributed by atoms with E-state index in [2.05, 4.69) is 18.7 Å². The summed E-state index contributed by atoms with van der Waals surface area (Å²) >= 11 is 0. The van der Waals surface area contributed by atoms with Gasteiger partial charge in [-0.1, -0.05) is 20.3 Å². The molecular formula is C10H17N. The van der Waals surface area contributed by atoms with Crippen LogP contribution in [0, 0.1) is 24.3 Å². The molecule has 1 aliphatic rings. The molecule has 62 valence electrons. The Hall–Kier alpha value is -0.510. The summed E-state index contributed by atoms with van der Waals surface area (Å²) in [7, 11) is 0. The number of rotatable bonds is 3. The molecule has 0 radical (unpaired) electrons. The van der Waals surface area contributed by atoms with Gasteiger partial charge in [-0.3, -0.25) is 0 Å². The SMILES string of the molecule is [C-]#[N+]CC(C(C)C)C1CCC1. The van der Waals surface area contributed by atoms with E-state index >= 15 is 0 Å². The van der Waals surface area contributed by atoms with Crippen molar-refractivity contribution in [3.63, 3.8) is 0 Å². The highest BCUT2D eigenvalue weighted by Crippen LogP contribution is 2.37. The fourth-order valence-electron chi connectivity index (χ4n) is 1.88. The minimum Gasteiger partial charge on any atom is -0.317 e. The Labute approximate surface area is 69.6 Å². The topological polar surface area (TPSA) is 4.36 Å². The molecule has 0 heterocycles. The summed E-state index contributed by atoms with van der Waals surface area (Å²) in [5.41, 5.74) is 0. The molecule has 1 saturated carbocycles. The molecule has 0 aliphatic heterocycles. The molecule has 1 fully saturated rings. The van der Waals surface area contributed by atoms with Gasteiger partial charge >= 0.3 is 0 Å². The first-order chi connectivity index (χ1) is 5.25. The van der Waals surface area contributed by atoms with Crippen molar-refractivity contribution in [2.75, 3.05) is 6.54 Å². The summed E-state index contributed by atoms with van der Waals surface area (Å²) in [6.45, 7) is 12.1. The Morgan fingerprint density at radius 1 is 1.45 bits per heavy atom. The van der Waals surface area contributed by atoms with Crippen LogP contribution >= 0.6 is 0 Å². The Morgan fingerprint density at radius 2 is 2.09 bits per heavy atom. The summed E-state index contributed by atoms with van der Waals surface area (Å²) in [4.78, 5) is 3.51. The molecule has 0 aromatic carbocycles. The maximum Gasteiger partial charge on any atom is 0.217 e. The van der Waals surface area contributed by atoms with E-state index in [1.54, 1.807) is 0 Å². The zero-order chi connectivity index (χ0) is 8.27. The molecule has 0 spiro atoms. The fraction of sp³-hybridized carbons (Fsp3) is 0.900. The molecule has 0 aromatic heterocycles. The highest BCUT2D eigenvalue weighted by atomic mass is 14.6. The first-order valence-electron chi connectivity index (χ1n) is 4.59. The Bertz CT molecular complexity index is 151. The zero-order valence-electron chi connectivity index (χ0n) is 7.51. The van der Waals surface area contributed by atoms with Gasteiger partial charge in [-0.25, -0.2) is 6.57 Å². The second kappa shape index (κ2) is 3.76. The normalized spacial score (nSPS) is 20.9. The summed E-state index contributed by atoms with van der Waals surface area (Å²) in [6, 6.07) is 0. The van der Waals surface area contributed by atoms with Crippen LogP contribution in [0.4, 0.5) is 0 Å². The van der Waals surface area contributed by atoms with E-state index in [4.69, 9.17) is 6.57 Å². The van der Waals surface area contributed by atoms with E-state index in [-0.39, 0.29) is 0 Å². The molecule has 0 bridgehead atoms. The highest BCUT2D eigenvalue weighted by molar-refractivity contribution is 4.84. The van der Waals surface area contributed by atoms with E-state index in [9.17, 15) is 0 Å². The summed E-state index contributed by atoms with van der Waals surface area (Å²) < 4.78 is 0. The average molecular weight is 151 g/mol. The van der Waals surface area contributed by atoms with Crippen LogP contribution in [0.2, 0.25) is 0 Å². The molecule has 0 saturated heterocycles. The molecule has 1 atom stereocenters. The van der Waals surface area contributed by atoms with Gasteiger partial charge in [-0.15, -0.1) is 0 Å². The van der Waals surface area contributed by atoms with Gasteiger partial charge in [0.1, 0.15) is 0 Å². The maximum atomic E-state index is 6.84. The summed E-state index contributed by atoms with van der Waals surface area (Å²) in [6.07, 6.45) is 4.14. The largest absolute Gasteiger partial charge is 0.317 e. The van der Waals surface area contributed by atoms with Crippen LogP contribution in [0.1, 0.15) is 33.1 Å². The van der Waals surface area contributed by atoms with Gasteiger partial charge in [0, 0.05) is 5.92 Å². The molecule has 1 unspecified atom stereocenters. The maximum absolute atomic E-state index is 6.84. The first kappa shape index (κ1) is 8.59. The molecule has 1 heteroatoms. The van der Waals surface area contributed by atoms with E-state index in [1.807, 2.05) is 0 Å². The van der Waals surface area contributed by atoms with Crippen molar-refractivity contribution in [1.29, 1.82) is 0 Å². The molecule has 11 heavy (non-hydrogen) atoms. The number of nitrogens with zero attached hydrogens (tertiary/aromatic N) is 1. The Kier molecular flexibility index (Phi) is 2.93. The van der Waals surface area contributed by atoms with Crippen molar-refractivity contribution in [1.82, 2.24) is 0 Å². The van der Waals surface area contributed by atoms with Crippen molar-refractivity contribution in [2.24, 2.45) is 17.8 Å². The lowest BCUT2D eigenvalue weighted by Crippen LogP contribution is -2.27. The number of hydrogen-bond donors (Lipinski definition) is 0. The molecular weight excluding hydrogens is 134 g/mol. The fourth-order valence-corrected chi connectivity index (χ4v) is 1.88.